The Bertz CT molecular complexity index is 607. The number of allylic oxidation sites excluding steroid dienone is 7. The fourth-order valence-electron chi connectivity index (χ4n) is 1.89. The van der Waals surface area contributed by atoms with Gasteiger partial charge in [0.2, 0.25) is 0 Å². The van der Waals surface area contributed by atoms with Gasteiger partial charge in [0.05, 0.1) is 6.54 Å². The van der Waals surface area contributed by atoms with Crippen molar-refractivity contribution in [3.63, 3.8) is 0 Å². The number of benzene rings is 1. The first kappa shape index (κ1) is 17.6. The van der Waals surface area contributed by atoms with Crippen molar-refractivity contribution in [3.05, 3.63) is 90.1 Å². The molecule has 0 spiro atoms. The molecule has 0 fully saturated rings. The van der Waals surface area contributed by atoms with Crippen molar-refractivity contribution >= 4 is 11.8 Å². The van der Waals surface area contributed by atoms with Gasteiger partial charge in [-0.1, -0.05) is 73.4 Å². The van der Waals surface area contributed by atoms with Crippen molar-refractivity contribution in [2.75, 3.05) is 6.54 Å². The lowest BCUT2D eigenvalue weighted by atomic mass is 10.0. The molecule has 0 aliphatic carbocycles. The quantitative estimate of drug-likeness (QED) is 0.445. The summed E-state index contributed by atoms with van der Waals surface area (Å²) in [6, 6.07) is 10.3. The molecule has 1 aromatic rings. The van der Waals surface area contributed by atoms with Gasteiger partial charge in [0.15, 0.2) is 0 Å². The van der Waals surface area contributed by atoms with E-state index in [0.29, 0.717) is 6.54 Å². The Morgan fingerprint density at radius 2 is 1.86 bits per heavy atom. The molecule has 22 heavy (non-hydrogen) atoms. The zero-order chi connectivity index (χ0) is 16.2. The first-order valence-electron chi connectivity index (χ1n) is 7.54. The van der Waals surface area contributed by atoms with Crippen LogP contribution in [-0.4, -0.2) is 12.3 Å². The van der Waals surface area contributed by atoms with E-state index in [1.807, 2.05) is 63.3 Å². The zero-order valence-corrected chi connectivity index (χ0v) is 13.8. The van der Waals surface area contributed by atoms with Gasteiger partial charge in [-0.25, -0.2) is 0 Å². The molecule has 0 N–H and O–H groups in total. The molecule has 114 valence electrons. The van der Waals surface area contributed by atoms with Gasteiger partial charge < -0.3 is 0 Å². The molecule has 0 aromatic heterocycles. The normalized spacial score (nSPS) is 12.9. The zero-order valence-electron chi connectivity index (χ0n) is 13.8. The highest BCUT2D eigenvalue weighted by Gasteiger charge is 1.97. The van der Waals surface area contributed by atoms with Gasteiger partial charge in [-0.05, 0) is 43.6 Å². The standard InChI is InChI=1S/C21H25N/c1-5-12-21(17-19-13-8-7-9-14-19)20(6-2)15-10-11-16-22-18(3)4/h5-15,17H,2,16H2,1,3-4H3/b11-10+,12-5-,20-15+,21-17+. The molecule has 0 aliphatic rings. The predicted molar refractivity (Wildman–Crippen MR) is 100 cm³/mol. The van der Waals surface area contributed by atoms with Gasteiger partial charge in [0.1, 0.15) is 0 Å². The van der Waals surface area contributed by atoms with Crippen LogP contribution in [0.3, 0.4) is 0 Å². The second-order valence-corrected chi connectivity index (χ2v) is 5.05. The third kappa shape index (κ3) is 6.85. The van der Waals surface area contributed by atoms with Gasteiger partial charge in [-0.15, -0.1) is 0 Å². The Labute approximate surface area is 134 Å². The maximum atomic E-state index is 4.34. The van der Waals surface area contributed by atoms with Crippen LogP contribution in [0, 0.1) is 0 Å². The van der Waals surface area contributed by atoms with E-state index >= 15 is 0 Å². The molecule has 1 aromatic carbocycles. The second kappa shape index (κ2) is 10.3. The molecule has 0 heterocycles. The van der Waals surface area contributed by atoms with E-state index in [-0.39, 0.29) is 0 Å². The third-order valence-corrected chi connectivity index (χ3v) is 2.95. The van der Waals surface area contributed by atoms with Crippen LogP contribution in [0.4, 0.5) is 0 Å². The number of hydrogen-bond acceptors (Lipinski definition) is 1. The van der Waals surface area contributed by atoms with Gasteiger partial charge in [0.25, 0.3) is 0 Å². The van der Waals surface area contributed by atoms with Crippen LogP contribution < -0.4 is 0 Å². The predicted octanol–water partition coefficient (Wildman–Crippen LogP) is 5.80. The third-order valence-electron chi connectivity index (χ3n) is 2.95. The summed E-state index contributed by atoms with van der Waals surface area (Å²) in [7, 11) is 0. The van der Waals surface area contributed by atoms with Gasteiger partial charge in [0, 0.05) is 5.71 Å². The van der Waals surface area contributed by atoms with Crippen LogP contribution in [0.5, 0.6) is 0 Å². The van der Waals surface area contributed by atoms with E-state index in [9.17, 15) is 0 Å². The smallest absolute Gasteiger partial charge is 0.0572 e. The number of rotatable bonds is 7. The van der Waals surface area contributed by atoms with E-state index in [0.717, 1.165) is 16.9 Å². The van der Waals surface area contributed by atoms with Crippen LogP contribution in [0.15, 0.2) is 89.5 Å². The second-order valence-electron chi connectivity index (χ2n) is 5.05. The van der Waals surface area contributed by atoms with Gasteiger partial charge in [-0.2, -0.15) is 0 Å². The van der Waals surface area contributed by atoms with Crippen molar-refractivity contribution in [2.24, 2.45) is 4.99 Å². The lowest BCUT2D eigenvalue weighted by molar-refractivity contribution is 1.23. The molecule has 0 atom stereocenters. The minimum atomic E-state index is 0.713. The Kier molecular flexibility index (Phi) is 8.29. The molecule has 0 bridgehead atoms. The minimum Gasteiger partial charge on any atom is -0.291 e. The maximum Gasteiger partial charge on any atom is 0.0572 e. The highest BCUT2D eigenvalue weighted by Crippen LogP contribution is 2.17. The summed E-state index contributed by atoms with van der Waals surface area (Å²) in [6.07, 6.45) is 14.3. The molecular weight excluding hydrogens is 266 g/mol. The summed E-state index contributed by atoms with van der Waals surface area (Å²) in [5, 5.41) is 0. The lowest BCUT2D eigenvalue weighted by Gasteiger charge is -2.03. The molecular formula is C21H25N. The fourth-order valence-corrected chi connectivity index (χ4v) is 1.89. The minimum absolute atomic E-state index is 0.713. The summed E-state index contributed by atoms with van der Waals surface area (Å²) in [5.74, 6) is 0. The van der Waals surface area contributed by atoms with Gasteiger partial charge >= 0.3 is 0 Å². The van der Waals surface area contributed by atoms with Crippen LogP contribution in [0.2, 0.25) is 0 Å². The Morgan fingerprint density at radius 3 is 2.45 bits per heavy atom. The summed E-state index contributed by atoms with van der Waals surface area (Å²) in [6.45, 7) is 10.7. The number of hydrogen-bond donors (Lipinski definition) is 0. The van der Waals surface area contributed by atoms with Crippen LogP contribution in [-0.2, 0) is 0 Å². The van der Waals surface area contributed by atoms with Crippen molar-refractivity contribution in [3.8, 4) is 0 Å². The highest BCUT2D eigenvalue weighted by atomic mass is 14.7. The van der Waals surface area contributed by atoms with Crippen molar-refractivity contribution in [2.45, 2.75) is 20.8 Å². The van der Waals surface area contributed by atoms with Crippen molar-refractivity contribution < 1.29 is 0 Å². The maximum absolute atomic E-state index is 4.34. The first-order chi connectivity index (χ1) is 10.7. The van der Waals surface area contributed by atoms with Crippen molar-refractivity contribution in [1.82, 2.24) is 0 Å². The molecule has 1 nitrogen and oxygen atoms in total. The topological polar surface area (TPSA) is 12.4 Å². The van der Waals surface area contributed by atoms with E-state index in [1.165, 1.54) is 5.56 Å². The van der Waals surface area contributed by atoms with E-state index in [4.69, 9.17) is 0 Å². The van der Waals surface area contributed by atoms with E-state index in [2.05, 4.69) is 41.9 Å². The fraction of sp³-hybridized carbons (Fsp3) is 0.190. The van der Waals surface area contributed by atoms with Crippen LogP contribution in [0.25, 0.3) is 6.08 Å². The lowest BCUT2D eigenvalue weighted by Crippen LogP contribution is -1.84. The van der Waals surface area contributed by atoms with Crippen LogP contribution >= 0.6 is 0 Å². The molecule has 0 saturated heterocycles. The number of nitrogens with zero attached hydrogens (tertiary/aromatic N) is 1. The monoisotopic (exact) mass is 291 g/mol. The molecule has 0 aliphatic heterocycles. The highest BCUT2D eigenvalue weighted by molar-refractivity contribution is 5.79. The van der Waals surface area contributed by atoms with E-state index in [1.54, 1.807) is 0 Å². The Balaban J connectivity index is 2.98. The summed E-state index contributed by atoms with van der Waals surface area (Å²) >= 11 is 0. The molecule has 0 saturated carbocycles. The number of aliphatic imine (C=N–C) groups is 1. The first-order valence-corrected chi connectivity index (χ1v) is 7.54. The summed E-state index contributed by atoms with van der Waals surface area (Å²) < 4.78 is 0. The van der Waals surface area contributed by atoms with Crippen LogP contribution in [0.1, 0.15) is 26.3 Å². The molecule has 1 heteroatoms. The molecule has 0 unspecified atom stereocenters. The largest absolute Gasteiger partial charge is 0.291 e. The average Bonchev–Trinajstić information content (AvgIpc) is 2.51. The Morgan fingerprint density at radius 1 is 1.14 bits per heavy atom. The van der Waals surface area contributed by atoms with Gasteiger partial charge in [-0.3, -0.25) is 4.99 Å². The molecule has 0 radical (unpaired) electrons. The summed E-state index contributed by atoms with van der Waals surface area (Å²) in [5.41, 5.74) is 4.51. The SMILES string of the molecule is C=CC(=C\C=C\CN=C(C)C)/C(/C=C\C)=C/c1ccccc1. The Hall–Kier alpha value is -2.41. The molecule has 1 rings (SSSR count). The molecule has 0 amide bonds. The average molecular weight is 291 g/mol. The summed E-state index contributed by atoms with van der Waals surface area (Å²) in [4.78, 5) is 4.34. The van der Waals surface area contributed by atoms with E-state index < -0.39 is 0 Å². The van der Waals surface area contributed by atoms with Crippen molar-refractivity contribution in [1.29, 1.82) is 0 Å².